The zero-order valence-electron chi connectivity index (χ0n) is 10.1. The van der Waals surface area contributed by atoms with Crippen LogP contribution in [-0.2, 0) is 0 Å². The topological polar surface area (TPSA) is 33.2 Å². The maximum absolute atomic E-state index is 12.0. The Morgan fingerprint density at radius 2 is 2.19 bits per heavy atom. The van der Waals surface area contributed by atoms with Crippen LogP contribution in [0.1, 0.15) is 30.6 Å². The van der Waals surface area contributed by atoms with E-state index in [1.165, 1.54) is 0 Å². The first-order chi connectivity index (χ1) is 7.49. The van der Waals surface area contributed by atoms with Gasteiger partial charge in [0.05, 0.1) is 5.02 Å². The highest BCUT2D eigenvalue weighted by Gasteiger charge is 2.19. The minimum atomic E-state index is -0.00471. The zero-order chi connectivity index (χ0) is 12.3. The molecular weight excluding hydrogens is 224 g/mol. The molecule has 0 aromatic carbocycles. The Kier molecular flexibility index (Phi) is 4.30. The highest BCUT2D eigenvalue weighted by atomic mass is 35.5. The number of Topliss-reactive ketones (excluding diaryl/α,β-unsaturated/α-hetero) is 1. The SMILES string of the molecule is CCC(C)C(=O)c1ccnc(N(C)C)c1Cl. The number of rotatable bonds is 4. The van der Waals surface area contributed by atoms with Gasteiger partial charge in [0.25, 0.3) is 0 Å². The predicted molar refractivity (Wildman–Crippen MR) is 67.4 cm³/mol. The highest BCUT2D eigenvalue weighted by Crippen LogP contribution is 2.27. The Balaban J connectivity index is 3.15. The lowest BCUT2D eigenvalue weighted by Crippen LogP contribution is -2.15. The van der Waals surface area contributed by atoms with Gasteiger partial charge < -0.3 is 4.90 Å². The molecule has 0 spiro atoms. The van der Waals surface area contributed by atoms with Crippen LogP contribution in [-0.4, -0.2) is 24.9 Å². The Hall–Kier alpha value is -1.09. The van der Waals surface area contributed by atoms with Gasteiger partial charge in [-0.15, -0.1) is 0 Å². The molecule has 16 heavy (non-hydrogen) atoms. The molecule has 0 saturated heterocycles. The molecule has 0 N–H and O–H groups in total. The van der Waals surface area contributed by atoms with E-state index in [2.05, 4.69) is 4.98 Å². The van der Waals surface area contributed by atoms with Gasteiger partial charge >= 0.3 is 0 Å². The number of pyridine rings is 1. The fraction of sp³-hybridized carbons (Fsp3) is 0.500. The van der Waals surface area contributed by atoms with Gasteiger partial charge in [0.15, 0.2) is 5.78 Å². The van der Waals surface area contributed by atoms with Gasteiger partial charge in [-0.25, -0.2) is 4.98 Å². The van der Waals surface area contributed by atoms with Crippen LogP contribution in [0.15, 0.2) is 12.3 Å². The molecule has 1 unspecified atom stereocenters. The van der Waals surface area contributed by atoms with Crippen LogP contribution in [0.3, 0.4) is 0 Å². The summed E-state index contributed by atoms with van der Waals surface area (Å²) in [6, 6.07) is 1.68. The van der Waals surface area contributed by atoms with Gasteiger partial charge in [-0.1, -0.05) is 25.4 Å². The Morgan fingerprint density at radius 1 is 1.56 bits per heavy atom. The van der Waals surface area contributed by atoms with Crippen molar-refractivity contribution in [1.82, 2.24) is 4.98 Å². The van der Waals surface area contributed by atoms with Crippen molar-refractivity contribution in [2.75, 3.05) is 19.0 Å². The van der Waals surface area contributed by atoms with Gasteiger partial charge in [-0.3, -0.25) is 4.79 Å². The number of carbonyl (C=O) groups is 1. The Labute approximate surface area is 101 Å². The van der Waals surface area contributed by atoms with Crippen LogP contribution in [0.5, 0.6) is 0 Å². The third-order valence-electron chi connectivity index (χ3n) is 2.62. The number of anilines is 1. The number of halogens is 1. The van der Waals surface area contributed by atoms with E-state index in [-0.39, 0.29) is 11.7 Å². The molecule has 1 heterocycles. The summed E-state index contributed by atoms with van der Waals surface area (Å²) in [4.78, 5) is 18.0. The summed E-state index contributed by atoms with van der Waals surface area (Å²) in [7, 11) is 3.71. The molecule has 3 nitrogen and oxygen atoms in total. The number of hydrogen-bond acceptors (Lipinski definition) is 3. The van der Waals surface area contributed by atoms with Gasteiger partial charge in [0, 0.05) is 31.8 Å². The van der Waals surface area contributed by atoms with Crippen LogP contribution in [0.2, 0.25) is 5.02 Å². The van der Waals surface area contributed by atoms with E-state index in [0.29, 0.717) is 16.4 Å². The molecule has 0 amide bonds. The largest absolute Gasteiger partial charge is 0.361 e. The molecule has 1 rings (SSSR count). The molecule has 88 valence electrons. The summed E-state index contributed by atoms with van der Waals surface area (Å²) in [5.74, 6) is 0.712. The maximum atomic E-state index is 12.0. The second-order valence-corrected chi connectivity index (χ2v) is 4.44. The van der Waals surface area contributed by atoms with Crippen LogP contribution in [0, 0.1) is 5.92 Å². The highest BCUT2D eigenvalue weighted by molar-refractivity contribution is 6.36. The minimum Gasteiger partial charge on any atom is -0.361 e. The average molecular weight is 241 g/mol. The van der Waals surface area contributed by atoms with Crippen LogP contribution in [0.25, 0.3) is 0 Å². The zero-order valence-corrected chi connectivity index (χ0v) is 10.9. The standard InChI is InChI=1S/C12H17ClN2O/c1-5-8(2)11(16)9-6-7-14-12(10(9)13)15(3)4/h6-8H,5H2,1-4H3. The van der Waals surface area contributed by atoms with E-state index in [9.17, 15) is 4.79 Å². The molecule has 0 radical (unpaired) electrons. The Morgan fingerprint density at radius 3 is 2.69 bits per heavy atom. The molecule has 1 aromatic heterocycles. The van der Waals surface area contributed by atoms with E-state index in [4.69, 9.17) is 11.6 Å². The molecule has 1 aromatic rings. The maximum Gasteiger partial charge on any atom is 0.167 e. The number of ketones is 1. The molecule has 0 fully saturated rings. The van der Waals surface area contributed by atoms with E-state index in [0.717, 1.165) is 6.42 Å². The van der Waals surface area contributed by atoms with E-state index in [1.54, 1.807) is 17.2 Å². The van der Waals surface area contributed by atoms with Crippen molar-refractivity contribution in [3.63, 3.8) is 0 Å². The average Bonchev–Trinajstić information content (AvgIpc) is 2.27. The summed E-state index contributed by atoms with van der Waals surface area (Å²) < 4.78 is 0. The lowest BCUT2D eigenvalue weighted by atomic mass is 9.98. The van der Waals surface area contributed by atoms with Gasteiger partial charge in [0.2, 0.25) is 0 Å². The number of nitrogens with zero attached hydrogens (tertiary/aromatic N) is 2. The fourth-order valence-corrected chi connectivity index (χ4v) is 1.76. The van der Waals surface area contributed by atoms with Crippen molar-refractivity contribution in [3.8, 4) is 0 Å². The van der Waals surface area contributed by atoms with Crippen LogP contribution < -0.4 is 4.90 Å². The molecule has 0 bridgehead atoms. The molecule has 4 heteroatoms. The van der Waals surface area contributed by atoms with Crippen molar-refractivity contribution in [1.29, 1.82) is 0 Å². The molecule has 0 saturated carbocycles. The van der Waals surface area contributed by atoms with Gasteiger partial charge in [0.1, 0.15) is 5.82 Å². The van der Waals surface area contributed by atoms with Gasteiger partial charge in [-0.2, -0.15) is 0 Å². The smallest absolute Gasteiger partial charge is 0.167 e. The predicted octanol–water partition coefficient (Wildman–Crippen LogP) is 3.03. The van der Waals surface area contributed by atoms with Crippen molar-refractivity contribution in [2.24, 2.45) is 5.92 Å². The summed E-state index contributed by atoms with van der Waals surface area (Å²) >= 11 is 6.17. The van der Waals surface area contributed by atoms with Crippen LogP contribution >= 0.6 is 11.6 Å². The summed E-state index contributed by atoms with van der Waals surface area (Å²) in [5.41, 5.74) is 0.565. The second kappa shape index (κ2) is 5.30. The quantitative estimate of drug-likeness (QED) is 0.759. The first kappa shape index (κ1) is 13.0. The fourth-order valence-electron chi connectivity index (χ4n) is 1.39. The molecular formula is C12H17ClN2O. The van der Waals surface area contributed by atoms with Crippen LogP contribution in [0.4, 0.5) is 5.82 Å². The van der Waals surface area contributed by atoms with Crippen molar-refractivity contribution in [2.45, 2.75) is 20.3 Å². The van der Waals surface area contributed by atoms with Gasteiger partial charge in [-0.05, 0) is 12.5 Å². The summed E-state index contributed by atoms with van der Waals surface area (Å²) in [6.45, 7) is 3.90. The van der Waals surface area contributed by atoms with Crippen molar-refractivity contribution >= 4 is 23.2 Å². The van der Waals surface area contributed by atoms with Crippen molar-refractivity contribution < 1.29 is 4.79 Å². The molecule has 0 aliphatic rings. The Bertz CT molecular complexity index is 391. The van der Waals surface area contributed by atoms with E-state index < -0.39 is 0 Å². The van der Waals surface area contributed by atoms with E-state index in [1.807, 2.05) is 27.9 Å². The van der Waals surface area contributed by atoms with E-state index >= 15 is 0 Å². The number of aromatic nitrogens is 1. The molecule has 0 aliphatic carbocycles. The first-order valence-corrected chi connectivity index (χ1v) is 5.72. The second-order valence-electron chi connectivity index (χ2n) is 4.06. The lowest BCUT2D eigenvalue weighted by Gasteiger charge is -2.16. The monoisotopic (exact) mass is 240 g/mol. The normalized spacial score (nSPS) is 12.3. The summed E-state index contributed by atoms with van der Waals surface area (Å²) in [6.07, 6.45) is 2.44. The molecule has 1 atom stereocenters. The number of hydrogen-bond donors (Lipinski definition) is 0. The lowest BCUT2D eigenvalue weighted by molar-refractivity contribution is 0.0927. The minimum absolute atomic E-state index is 0.00471. The molecule has 0 aliphatic heterocycles. The summed E-state index contributed by atoms with van der Waals surface area (Å²) in [5, 5.41) is 0.442. The first-order valence-electron chi connectivity index (χ1n) is 5.35. The van der Waals surface area contributed by atoms with Crippen molar-refractivity contribution in [3.05, 3.63) is 22.8 Å². The third-order valence-corrected chi connectivity index (χ3v) is 2.99. The third kappa shape index (κ3) is 2.53. The number of carbonyl (C=O) groups excluding carboxylic acids is 1.